The molecule has 3 aromatic heterocycles. The van der Waals surface area contributed by atoms with Gasteiger partial charge < -0.3 is 5.32 Å². The number of hydrogen-bond acceptors (Lipinski definition) is 6. The summed E-state index contributed by atoms with van der Waals surface area (Å²) >= 11 is 0. The summed E-state index contributed by atoms with van der Waals surface area (Å²) in [6.07, 6.45) is 5.49. The van der Waals surface area contributed by atoms with E-state index in [2.05, 4.69) is 39.8 Å². The lowest BCUT2D eigenvalue weighted by Gasteiger charge is -2.11. The third kappa shape index (κ3) is 3.24. The average Bonchev–Trinajstić information content (AvgIpc) is 3.25. The molecule has 9 heteroatoms. The zero-order valence-corrected chi connectivity index (χ0v) is 16.1. The summed E-state index contributed by atoms with van der Waals surface area (Å²) in [5, 5.41) is 19.3. The Balaban J connectivity index is 1.47. The van der Waals surface area contributed by atoms with E-state index in [1.54, 1.807) is 10.9 Å². The number of nitrogens with zero attached hydrogens (tertiary/aromatic N) is 7. The molecule has 0 bridgehead atoms. The number of aromatic nitrogens is 7. The molecule has 0 spiro atoms. The van der Waals surface area contributed by atoms with Gasteiger partial charge in [0.1, 0.15) is 6.33 Å². The molecule has 4 aromatic rings. The van der Waals surface area contributed by atoms with Gasteiger partial charge in [-0.3, -0.25) is 4.79 Å². The molecule has 3 heterocycles. The van der Waals surface area contributed by atoms with Gasteiger partial charge in [0.25, 0.3) is 5.91 Å². The van der Waals surface area contributed by atoms with Crippen LogP contribution >= 0.6 is 0 Å². The quantitative estimate of drug-likeness (QED) is 0.563. The van der Waals surface area contributed by atoms with E-state index < -0.39 is 0 Å². The summed E-state index contributed by atoms with van der Waals surface area (Å²) in [6, 6.07) is 9.43. The molecule has 9 nitrogen and oxygen atoms in total. The van der Waals surface area contributed by atoms with E-state index in [1.807, 2.05) is 35.0 Å². The lowest BCUT2D eigenvalue weighted by Crippen LogP contribution is -2.14. The SMILES string of the molecule is CC(C)n1ncc2c(C(=O)Nc3ccc(-n4cnnn4)cc3)cc(C3CC3)nc21. The van der Waals surface area contributed by atoms with E-state index in [1.165, 1.54) is 6.33 Å². The molecule has 146 valence electrons. The van der Waals surface area contributed by atoms with Crippen LogP contribution in [0.1, 0.15) is 54.7 Å². The molecule has 0 saturated heterocycles. The number of pyridine rings is 1. The van der Waals surface area contributed by atoms with Crippen LogP contribution in [0, 0.1) is 0 Å². The topological polar surface area (TPSA) is 103 Å². The first-order valence-corrected chi connectivity index (χ1v) is 9.63. The average molecular weight is 388 g/mol. The highest BCUT2D eigenvalue weighted by atomic mass is 16.1. The lowest BCUT2D eigenvalue weighted by atomic mass is 10.1. The third-order valence-corrected chi connectivity index (χ3v) is 5.05. The number of fused-ring (bicyclic) bond motifs is 1. The Morgan fingerprint density at radius 3 is 2.66 bits per heavy atom. The van der Waals surface area contributed by atoms with Crippen molar-refractivity contribution in [2.45, 2.75) is 38.6 Å². The fourth-order valence-corrected chi connectivity index (χ4v) is 3.37. The normalized spacial score (nSPS) is 13.9. The highest BCUT2D eigenvalue weighted by Gasteiger charge is 2.28. The van der Waals surface area contributed by atoms with E-state index in [0.717, 1.165) is 35.3 Å². The molecule has 0 unspecified atom stereocenters. The van der Waals surface area contributed by atoms with Gasteiger partial charge in [-0.1, -0.05) is 0 Å². The zero-order valence-electron chi connectivity index (χ0n) is 16.1. The first kappa shape index (κ1) is 17.5. The predicted octanol–water partition coefficient (Wildman–Crippen LogP) is 3.12. The molecule has 1 aliphatic carbocycles. The van der Waals surface area contributed by atoms with Crippen molar-refractivity contribution in [2.75, 3.05) is 5.32 Å². The van der Waals surface area contributed by atoms with Crippen molar-refractivity contribution < 1.29 is 4.79 Å². The predicted molar refractivity (Wildman–Crippen MR) is 107 cm³/mol. The standard InChI is InChI=1S/C20H20N8O/c1-12(2)28-19-17(10-22-28)16(9-18(24-19)13-3-4-13)20(29)23-14-5-7-15(8-6-14)27-11-21-25-26-27/h5-13H,3-4H2,1-2H3,(H,23,29). The van der Waals surface area contributed by atoms with Crippen LogP contribution in [0.3, 0.4) is 0 Å². The summed E-state index contributed by atoms with van der Waals surface area (Å²) in [5.41, 5.74) is 3.85. The van der Waals surface area contributed by atoms with Crippen LogP contribution in [-0.4, -0.2) is 40.9 Å². The monoisotopic (exact) mass is 388 g/mol. The largest absolute Gasteiger partial charge is 0.322 e. The minimum absolute atomic E-state index is 0.169. The zero-order chi connectivity index (χ0) is 20.0. The van der Waals surface area contributed by atoms with Gasteiger partial charge >= 0.3 is 0 Å². The molecular formula is C20H20N8O. The van der Waals surface area contributed by atoms with Crippen molar-refractivity contribution in [3.63, 3.8) is 0 Å². The lowest BCUT2D eigenvalue weighted by molar-refractivity contribution is 0.102. The van der Waals surface area contributed by atoms with Crippen LogP contribution < -0.4 is 5.32 Å². The highest BCUT2D eigenvalue weighted by Crippen LogP contribution is 2.40. The van der Waals surface area contributed by atoms with E-state index in [-0.39, 0.29) is 11.9 Å². The van der Waals surface area contributed by atoms with E-state index in [9.17, 15) is 4.79 Å². The van der Waals surface area contributed by atoms with Gasteiger partial charge in [-0.05, 0) is 67.4 Å². The number of carbonyl (C=O) groups excluding carboxylic acids is 1. The number of carbonyl (C=O) groups is 1. The Bertz CT molecular complexity index is 1170. The van der Waals surface area contributed by atoms with Gasteiger partial charge in [0, 0.05) is 23.3 Å². The number of tetrazole rings is 1. The Hall–Kier alpha value is -3.62. The Kier molecular flexibility index (Phi) is 4.08. The minimum atomic E-state index is -0.169. The molecule has 1 N–H and O–H groups in total. The third-order valence-electron chi connectivity index (χ3n) is 5.05. The second-order valence-corrected chi connectivity index (χ2v) is 7.54. The van der Waals surface area contributed by atoms with Gasteiger partial charge in [-0.2, -0.15) is 5.10 Å². The van der Waals surface area contributed by atoms with Crippen LogP contribution in [0.5, 0.6) is 0 Å². The van der Waals surface area contributed by atoms with Crippen LogP contribution in [-0.2, 0) is 0 Å². The first-order valence-electron chi connectivity index (χ1n) is 9.63. The van der Waals surface area contributed by atoms with Crippen LogP contribution in [0.25, 0.3) is 16.7 Å². The number of amides is 1. The van der Waals surface area contributed by atoms with E-state index >= 15 is 0 Å². The number of hydrogen-bond donors (Lipinski definition) is 1. The maximum atomic E-state index is 13.1. The molecule has 1 fully saturated rings. The van der Waals surface area contributed by atoms with Crippen molar-refractivity contribution in [2.24, 2.45) is 0 Å². The molecule has 29 heavy (non-hydrogen) atoms. The van der Waals surface area contributed by atoms with Crippen molar-refractivity contribution in [3.05, 3.63) is 54.1 Å². The van der Waals surface area contributed by atoms with Gasteiger partial charge in [-0.25, -0.2) is 14.3 Å². The van der Waals surface area contributed by atoms with Crippen LogP contribution in [0.2, 0.25) is 0 Å². The first-order chi connectivity index (χ1) is 14.1. The summed E-state index contributed by atoms with van der Waals surface area (Å²) in [6.45, 7) is 4.12. The fraction of sp³-hybridized carbons (Fsp3) is 0.300. The molecular weight excluding hydrogens is 368 g/mol. The molecule has 0 atom stereocenters. The van der Waals surface area contributed by atoms with Gasteiger partial charge in [-0.15, -0.1) is 5.10 Å². The van der Waals surface area contributed by atoms with Gasteiger partial charge in [0.05, 0.1) is 22.8 Å². The van der Waals surface area contributed by atoms with Crippen LogP contribution in [0.4, 0.5) is 5.69 Å². The second-order valence-electron chi connectivity index (χ2n) is 7.54. The smallest absolute Gasteiger partial charge is 0.256 e. The van der Waals surface area contributed by atoms with Crippen molar-refractivity contribution in [1.29, 1.82) is 0 Å². The van der Waals surface area contributed by atoms with Gasteiger partial charge in [0.15, 0.2) is 5.65 Å². The molecule has 0 aliphatic heterocycles. The molecule has 1 saturated carbocycles. The highest BCUT2D eigenvalue weighted by molar-refractivity contribution is 6.12. The fourth-order valence-electron chi connectivity index (χ4n) is 3.37. The minimum Gasteiger partial charge on any atom is -0.322 e. The number of anilines is 1. The van der Waals surface area contributed by atoms with Gasteiger partial charge in [0.2, 0.25) is 0 Å². The Labute approximate surface area is 166 Å². The second kappa shape index (κ2) is 6.77. The van der Waals surface area contributed by atoms with E-state index in [0.29, 0.717) is 17.2 Å². The molecule has 1 amide bonds. The van der Waals surface area contributed by atoms with Crippen molar-refractivity contribution in [3.8, 4) is 5.69 Å². The summed E-state index contributed by atoms with van der Waals surface area (Å²) in [7, 11) is 0. The summed E-state index contributed by atoms with van der Waals surface area (Å²) < 4.78 is 3.43. The van der Waals surface area contributed by atoms with Crippen LogP contribution in [0.15, 0.2) is 42.9 Å². The number of nitrogens with one attached hydrogen (secondary N) is 1. The molecule has 1 aromatic carbocycles. The van der Waals surface area contributed by atoms with E-state index in [4.69, 9.17) is 4.98 Å². The maximum Gasteiger partial charge on any atom is 0.256 e. The van der Waals surface area contributed by atoms with Crippen molar-refractivity contribution >= 4 is 22.6 Å². The molecule has 5 rings (SSSR count). The molecule has 0 radical (unpaired) electrons. The molecule has 1 aliphatic rings. The summed E-state index contributed by atoms with van der Waals surface area (Å²) in [5.74, 6) is 0.273. The maximum absolute atomic E-state index is 13.1. The van der Waals surface area contributed by atoms with Crippen molar-refractivity contribution in [1.82, 2.24) is 35.0 Å². The Morgan fingerprint density at radius 1 is 1.21 bits per heavy atom. The number of benzene rings is 1. The summed E-state index contributed by atoms with van der Waals surface area (Å²) in [4.78, 5) is 17.9. The number of rotatable bonds is 5. The Morgan fingerprint density at radius 2 is 2.00 bits per heavy atom.